The molecule has 0 aromatic heterocycles. The molecule has 0 saturated heterocycles. The molecule has 0 aliphatic heterocycles. The topological polar surface area (TPSA) is 29.1 Å². The molecule has 0 spiro atoms. The zero-order valence-electron chi connectivity index (χ0n) is 12.8. The van der Waals surface area contributed by atoms with E-state index in [1.54, 1.807) is 0 Å². The van der Waals surface area contributed by atoms with Crippen LogP contribution >= 0.6 is 31.9 Å². The third kappa shape index (κ3) is 4.10. The Labute approximate surface area is 144 Å². The van der Waals surface area contributed by atoms with Crippen molar-refractivity contribution in [1.82, 2.24) is 5.32 Å². The number of carbonyl (C=O) groups excluding carboxylic acids is 1. The Kier molecular flexibility index (Phi) is 5.19. The van der Waals surface area contributed by atoms with Crippen molar-refractivity contribution < 1.29 is 4.79 Å². The van der Waals surface area contributed by atoms with Crippen LogP contribution in [-0.2, 0) is 0 Å². The predicted octanol–water partition coefficient (Wildman–Crippen LogP) is 4.91. The van der Waals surface area contributed by atoms with Crippen LogP contribution in [0.15, 0.2) is 30.3 Å². The Hall–Kier alpha value is -0.350. The molecule has 1 aliphatic rings. The van der Waals surface area contributed by atoms with E-state index in [4.69, 9.17) is 0 Å². The molecular weight excluding hydrogens is 394 g/mol. The van der Waals surface area contributed by atoms with Crippen LogP contribution in [0.4, 0.5) is 0 Å². The number of benzene rings is 1. The molecule has 116 valence electrons. The molecule has 1 aromatic carbocycles. The van der Waals surface area contributed by atoms with E-state index in [1.807, 2.05) is 30.3 Å². The van der Waals surface area contributed by atoms with Crippen molar-refractivity contribution >= 4 is 37.8 Å². The summed E-state index contributed by atoms with van der Waals surface area (Å²) in [6.07, 6.45) is 3.29. The monoisotopic (exact) mass is 415 g/mol. The van der Waals surface area contributed by atoms with Gasteiger partial charge in [0, 0.05) is 20.3 Å². The largest absolute Gasteiger partial charge is 0.347 e. The van der Waals surface area contributed by atoms with Gasteiger partial charge in [0.05, 0.1) is 0 Å². The number of rotatable bonds is 3. The van der Waals surface area contributed by atoms with Crippen LogP contribution in [0, 0.1) is 5.92 Å². The summed E-state index contributed by atoms with van der Waals surface area (Å²) >= 11 is 7.60. The molecule has 2 nitrogen and oxygen atoms in total. The second-order valence-electron chi connectivity index (χ2n) is 6.76. The highest BCUT2D eigenvalue weighted by atomic mass is 79.9. The third-order valence-corrected chi connectivity index (χ3v) is 7.57. The van der Waals surface area contributed by atoms with Crippen LogP contribution in [0.1, 0.15) is 50.4 Å². The molecule has 1 saturated carbocycles. The van der Waals surface area contributed by atoms with Gasteiger partial charge in [0.15, 0.2) is 0 Å². The molecule has 1 fully saturated rings. The summed E-state index contributed by atoms with van der Waals surface area (Å²) in [7, 11) is 0. The molecule has 0 radical (unpaired) electrons. The minimum Gasteiger partial charge on any atom is -0.347 e. The molecule has 0 heterocycles. The lowest BCUT2D eigenvalue weighted by molar-refractivity contribution is 0.0856. The van der Waals surface area contributed by atoms with Crippen LogP contribution in [0.2, 0.25) is 0 Å². The maximum atomic E-state index is 12.4. The van der Waals surface area contributed by atoms with Crippen LogP contribution in [0.3, 0.4) is 0 Å². The van der Waals surface area contributed by atoms with Gasteiger partial charge in [-0.15, -0.1) is 0 Å². The Balaban J connectivity index is 2.04. The van der Waals surface area contributed by atoms with Gasteiger partial charge in [0.1, 0.15) is 0 Å². The van der Waals surface area contributed by atoms with Crippen LogP contribution < -0.4 is 5.32 Å². The van der Waals surface area contributed by atoms with Crippen molar-refractivity contribution in [3.8, 4) is 0 Å². The molecule has 1 aliphatic carbocycles. The van der Waals surface area contributed by atoms with Crippen molar-refractivity contribution in [3.05, 3.63) is 35.9 Å². The second-order valence-corrected chi connectivity index (χ2v) is 9.68. The molecule has 1 unspecified atom stereocenters. The fraction of sp³-hybridized carbons (Fsp3) is 0.588. The number of alkyl halides is 2. The first-order chi connectivity index (χ1) is 9.72. The van der Waals surface area contributed by atoms with E-state index in [0.29, 0.717) is 10.7 Å². The summed E-state index contributed by atoms with van der Waals surface area (Å²) in [5.41, 5.74) is 0.518. The Morgan fingerprint density at radius 3 is 2.52 bits per heavy atom. The van der Waals surface area contributed by atoms with Gasteiger partial charge in [0.2, 0.25) is 0 Å². The number of carbonyl (C=O) groups is 1. The summed E-state index contributed by atoms with van der Waals surface area (Å²) in [5, 5.41) is 3.22. The van der Waals surface area contributed by atoms with E-state index in [9.17, 15) is 4.79 Å². The zero-order valence-corrected chi connectivity index (χ0v) is 16.0. The fourth-order valence-electron chi connectivity index (χ4n) is 2.94. The van der Waals surface area contributed by atoms with Crippen molar-refractivity contribution in [2.24, 2.45) is 5.92 Å². The lowest BCUT2D eigenvalue weighted by atomic mass is 9.73. The summed E-state index contributed by atoms with van der Waals surface area (Å²) in [6, 6.07) is 9.43. The average Bonchev–Trinajstić information content (AvgIpc) is 2.42. The van der Waals surface area contributed by atoms with E-state index in [0.717, 1.165) is 24.8 Å². The van der Waals surface area contributed by atoms with Gasteiger partial charge in [-0.25, -0.2) is 0 Å². The van der Waals surface area contributed by atoms with Gasteiger partial charge in [-0.1, -0.05) is 50.1 Å². The Bertz CT molecular complexity index is 499. The average molecular weight is 417 g/mol. The molecule has 1 aromatic rings. The van der Waals surface area contributed by atoms with Crippen molar-refractivity contribution in [2.45, 2.75) is 54.7 Å². The first kappa shape index (κ1) is 17.0. The maximum Gasteiger partial charge on any atom is 0.251 e. The SMILES string of the molecule is CC(C)(NC(=O)c1ccccc1)C1CC[C@@](C)(Br)[C@H](Br)C1. The predicted molar refractivity (Wildman–Crippen MR) is 95.4 cm³/mol. The van der Waals surface area contributed by atoms with Gasteiger partial charge in [0.25, 0.3) is 5.91 Å². The summed E-state index contributed by atoms with van der Waals surface area (Å²) in [6.45, 7) is 6.50. The molecule has 3 atom stereocenters. The number of hydrogen-bond donors (Lipinski definition) is 1. The van der Waals surface area contributed by atoms with Crippen LogP contribution in [-0.4, -0.2) is 20.6 Å². The zero-order chi connectivity index (χ0) is 15.7. The highest BCUT2D eigenvalue weighted by molar-refractivity contribution is 9.12. The maximum absolute atomic E-state index is 12.4. The molecule has 0 bridgehead atoms. The molecule has 21 heavy (non-hydrogen) atoms. The van der Waals surface area contributed by atoms with E-state index >= 15 is 0 Å². The highest BCUT2D eigenvalue weighted by Gasteiger charge is 2.42. The summed E-state index contributed by atoms with van der Waals surface area (Å²) in [5.74, 6) is 0.485. The summed E-state index contributed by atoms with van der Waals surface area (Å²) < 4.78 is 0.156. The van der Waals surface area contributed by atoms with Crippen LogP contribution in [0.5, 0.6) is 0 Å². The molecule has 2 rings (SSSR count). The quantitative estimate of drug-likeness (QED) is 0.696. The number of nitrogens with one attached hydrogen (secondary N) is 1. The standard InChI is InChI=1S/C17H23Br2NO/c1-16(2,13-9-10-17(3,19)14(18)11-13)20-15(21)12-7-5-4-6-8-12/h4-8,13-14H,9-11H2,1-3H3,(H,20,21)/t13?,14-,17-/m1/s1. The molecular formula is C17H23Br2NO. The highest BCUT2D eigenvalue weighted by Crippen LogP contribution is 2.45. The lowest BCUT2D eigenvalue weighted by Gasteiger charge is -2.44. The Morgan fingerprint density at radius 1 is 1.33 bits per heavy atom. The van der Waals surface area contributed by atoms with Gasteiger partial charge >= 0.3 is 0 Å². The number of hydrogen-bond acceptors (Lipinski definition) is 1. The number of amides is 1. The van der Waals surface area contributed by atoms with Gasteiger partial charge in [-0.05, 0) is 58.1 Å². The van der Waals surface area contributed by atoms with Crippen molar-refractivity contribution in [2.75, 3.05) is 0 Å². The van der Waals surface area contributed by atoms with Gasteiger partial charge in [-0.3, -0.25) is 4.79 Å². The van der Waals surface area contributed by atoms with E-state index in [2.05, 4.69) is 57.9 Å². The normalized spacial score (nSPS) is 30.0. The van der Waals surface area contributed by atoms with Crippen molar-refractivity contribution in [3.63, 3.8) is 0 Å². The fourth-order valence-corrected chi connectivity index (χ4v) is 4.03. The first-order valence-corrected chi connectivity index (χ1v) is 9.14. The summed E-state index contributed by atoms with van der Waals surface area (Å²) in [4.78, 5) is 12.8. The third-order valence-electron chi connectivity index (χ3n) is 4.62. The Morgan fingerprint density at radius 2 is 1.95 bits per heavy atom. The van der Waals surface area contributed by atoms with Crippen molar-refractivity contribution in [1.29, 1.82) is 0 Å². The second kappa shape index (κ2) is 6.41. The van der Waals surface area contributed by atoms with E-state index in [-0.39, 0.29) is 15.8 Å². The smallest absolute Gasteiger partial charge is 0.251 e. The molecule has 1 amide bonds. The number of halogens is 2. The lowest BCUT2D eigenvalue weighted by Crippen LogP contribution is -2.52. The molecule has 1 N–H and O–H groups in total. The van der Waals surface area contributed by atoms with E-state index in [1.165, 1.54) is 0 Å². The minimum atomic E-state index is -0.206. The minimum absolute atomic E-state index is 0.0129. The van der Waals surface area contributed by atoms with E-state index < -0.39 is 0 Å². The first-order valence-electron chi connectivity index (χ1n) is 7.43. The van der Waals surface area contributed by atoms with Crippen LogP contribution in [0.25, 0.3) is 0 Å². The van der Waals surface area contributed by atoms with Gasteiger partial charge in [-0.2, -0.15) is 0 Å². The van der Waals surface area contributed by atoms with Gasteiger partial charge < -0.3 is 5.32 Å². The molecule has 4 heteroatoms.